The fourth-order valence-electron chi connectivity index (χ4n) is 3.72. The van der Waals surface area contributed by atoms with Crippen LogP contribution in [0.3, 0.4) is 0 Å². The van der Waals surface area contributed by atoms with Crippen LogP contribution in [0.15, 0.2) is 30.3 Å². The molecule has 1 aromatic rings. The van der Waals surface area contributed by atoms with Crippen molar-refractivity contribution in [3.8, 4) is 0 Å². The lowest BCUT2D eigenvalue weighted by Crippen LogP contribution is -2.49. The molecule has 10 heteroatoms. The van der Waals surface area contributed by atoms with Gasteiger partial charge >= 0.3 is 12.1 Å². The van der Waals surface area contributed by atoms with Crippen molar-refractivity contribution < 1.29 is 29.2 Å². The largest absolute Gasteiger partial charge is 0.465 e. The van der Waals surface area contributed by atoms with Crippen molar-refractivity contribution in [3.63, 3.8) is 0 Å². The third-order valence-electron chi connectivity index (χ3n) is 5.26. The van der Waals surface area contributed by atoms with E-state index in [1.807, 2.05) is 30.3 Å². The summed E-state index contributed by atoms with van der Waals surface area (Å²) >= 11 is 0. The predicted octanol–water partition coefficient (Wildman–Crippen LogP) is 1.87. The first-order valence-electron chi connectivity index (χ1n) is 10.1. The highest BCUT2D eigenvalue weighted by molar-refractivity contribution is 5.88. The Kier molecular flexibility index (Phi) is 7.47. The molecule has 3 atom stereocenters. The molecule has 164 valence electrons. The second kappa shape index (κ2) is 10.3. The third-order valence-corrected chi connectivity index (χ3v) is 5.26. The zero-order valence-corrected chi connectivity index (χ0v) is 17.0. The fraction of sp³-hybridized carbons (Fsp3) is 0.550. The van der Waals surface area contributed by atoms with Crippen molar-refractivity contribution in [1.82, 2.24) is 20.8 Å². The molecule has 3 rings (SSSR count). The van der Waals surface area contributed by atoms with Crippen LogP contribution in [0.1, 0.15) is 38.2 Å². The molecule has 4 amide bonds. The maximum absolute atomic E-state index is 12.7. The molecule has 0 spiro atoms. The lowest BCUT2D eigenvalue weighted by atomic mass is 10.0. The zero-order valence-electron chi connectivity index (χ0n) is 17.0. The van der Waals surface area contributed by atoms with Gasteiger partial charge in [0.1, 0.15) is 12.6 Å². The predicted molar refractivity (Wildman–Crippen MR) is 106 cm³/mol. The number of hydrogen-bond donors (Lipinski definition) is 3. The van der Waals surface area contributed by atoms with E-state index in [0.29, 0.717) is 38.8 Å². The second-order valence-electron chi connectivity index (χ2n) is 7.57. The molecule has 10 nitrogen and oxygen atoms in total. The van der Waals surface area contributed by atoms with Crippen LogP contribution in [0.25, 0.3) is 0 Å². The van der Waals surface area contributed by atoms with Crippen molar-refractivity contribution in [2.75, 3.05) is 13.2 Å². The Labute approximate surface area is 175 Å². The Bertz CT molecular complexity index is 746. The maximum atomic E-state index is 12.7. The summed E-state index contributed by atoms with van der Waals surface area (Å²) in [4.78, 5) is 48.2. The smallest absolute Gasteiger partial charge is 0.404 e. The first-order valence-corrected chi connectivity index (χ1v) is 10.1. The Morgan fingerprint density at radius 1 is 1.27 bits per heavy atom. The van der Waals surface area contributed by atoms with Crippen LogP contribution in [0.4, 0.5) is 9.59 Å². The van der Waals surface area contributed by atoms with E-state index in [1.165, 1.54) is 9.96 Å². The van der Waals surface area contributed by atoms with Crippen molar-refractivity contribution in [2.24, 2.45) is 0 Å². The Hall–Kier alpha value is -2.85. The summed E-state index contributed by atoms with van der Waals surface area (Å²) in [5.41, 5.74) is 3.38. The molecule has 2 bridgehead atoms. The van der Waals surface area contributed by atoms with Crippen LogP contribution in [-0.4, -0.2) is 64.4 Å². The monoisotopic (exact) mass is 420 g/mol. The number of urea groups is 1. The first kappa shape index (κ1) is 21.8. The molecule has 0 aliphatic carbocycles. The minimum atomic E-state index is -1.07. The molecular formula is C20H28N4O6. The normalized spacial score (nSPS) is 21.4. The number of hydrogen-bond acceptors (Lipinski definition) is 5. The lowest BCUT2D eigenvalue weighted by molar-refractivity contribution is -0.141. The quantitative estimate of drug-likeness (QED) is 0.393. The molecule has 3 N–H and O–H groups in total. The summed E-state index contributed by atoms with van der Waals surface area (Å²) in [5.74, 6) is -0.358. The first-order chi connectivity index (χ1) is 14.5. The van der Waals surface area contributed by atoms with Gasteiger partial charge in [-0.05, 0) is 38.2 Å². The van der Waals surface area contributed by atoms with Crippen LogP contribution >= 0.6 is 0 Å². The number of carbonyl (C=O) groups excluding carboxylic acids is 2. The number of fused-ring (bicyclic) bond motifs is 2. The standard InChI is InChI=1S/C20H28N4O6/c1-14(21-19(26)27)6-5-11-29-22-18(25)17-10-9-16-12-23(17)20(28)24(16)30-13-15-7-3-2-4-8-15/h2-4,7-8,14,16-17,21H,5-6,9-13H2,1H3,(H,22,25)(H,26,27)/t14?,16-,17+/m1/s1. The van der Waals surface area contributed by atoms with Gasteiger partial charge in [-0.2, -0.15) is 5.06 Å². The minimum absolute atomic E-state index is 0.0607. The topological polar surface area (TPSA) is 120 Å². The summed E-state index contributed by atoms with van der Waals surface area (Å²) in [7, 11) is 0. The number of carbonyl (C=O) groups is 3. The molecule has 2 saturated heterocycles. The van der Waals surface area contributed by atoms with E-state index in [0.717, 1.165) is 5.56 Å². The van der Waals surface area contributed by atoms with E-state index < -0.39 is 12.1 Å². The SMILES string of the molecule is CC(CCCONC(=O)[C@@H]1CC[C@@H]2CN1C(=O)N2OCc1ccccc1)NC(=O)O. The maximum Gasteiger partial charge on any atom is 0.404 e. The summed E-state index contributed by atoms with van der Waals surface area (Å²) in [6.07, 6.45) is 1.32. The van der Waals surface area contributed by atoms with E-state index in [2.05, 4.69) is 10.8 Å². The number of carboxylic acid groups (broad SMARTS) is 1. The number of nitrogens with one attached hydrogen (secondary N) is 2. The van der Waals surface area contributed by atoms with Crippen LogP contribution in [-0.2, 0) is 21.1 Å². The summed E-state index contributed by atoms with van der Waals surface area (Å²) in [5, 5.41) is 12.4. The molecular weight excluding hydrogens is 392 g/mol. The Morgan fingerprint density at radius 3 is 2.77 bits per heavy atom. The number of hydroxylamine groups is 3. The van der Waals surface area contributed by atoms with Crippen LogP contribution in [0.2, 0.25) is 0 Å². The van der Waals surface area contributed by atoms with Gasteiger partial charge in [0.05, 0.1) is 12.6 Å². The summed E-state index contributed by atoms with van der Waals surface area (Å²) in [6.45, 7) is 2.76. The number of piperidine rings is 1. The minimum Gasteiger partial charge on any atom is -0.465 e. The summed E-state index contributed by atoms with van der Waals surface area (Å²) < 4.78 is 0. The highest BCUT2D eigenvalue weighted by Gasteiger charge is 2.48. The average molecular weight is 420 g/mol. The molecule has 2 aliphatic rings. The number of rotatable bonds is 10. The molecule has 2 fully saturated rings. The van der Waals surface area contributed by atoms with Gasteiger partial charge in [0, 0.05) is 12.6 Å². The van der Waals surface area contributed by atoms with Gasteiger partial charge in [-0.3, -0.25) is 14.5 Å². The molecule has 30 heavy (non-hydrogen) atoms. The van der Waals surface area contributed by atoms with E-state index in [-0.39, 0.29) is 30.6 Å². The molecule has 2 aliphatic heterocycles. The van der Waals surface area contributed by atoms with Crippen molar-refractivity contribution in [1.29, 1.82) is 0 Å². The van der Waals surface area contributed by atoms with Crippen LogP contribution in [0, 0.1) is 0 Å². The number of nitrogens with zero attached hydrogens (tertiary/aromatic N) is 2. The number of benzene rings is 1. The molecule has 0 aromatic heterocycles. The van der Waals surface area contributed by atoms with Crippen molar-refractivity contribution in [2.45, 2.75) is 57.3 Å². The fourth-order valence-corrected chi connectivity index (χ4v) is 3.72. The van der Waals surface area contributed by atoms with E-state index >= 15 is 0 Å². The van der Waals surface area contributed by atoms with Crippen molar-refractivity contribution >= 4 is 18.0 Å². The van der Waals surface area contributed by atoms with Crippen LogP contribution < -0.4 is 10.8 Å². The highest BCUT2D eigenvalue weighted by Crippen LogP contribution is 2.30. The number of amides is 4. The average Bonchev–Trinajstić information content (AvgIpc) is 2.96. The lowest BCUT2D eigenvalue weighted by Gasteiger charge is -2.29. The van der Waals surface area contributed by atoms with Gasteiger partial charge in [0.2, 0.25) is 0 Å². The van der Waals surface area contributed by atoms with Gasteiger partial charge in [-0.15, -0.1) is 0 Å². The van der Waals surface area contributed by atoms with Gasteiger partial charge < -0.3 is 15.3 Å². The van der Waals surface area contributed by atoms with Crippen LogP contribution in [0.5, 0.6) is 0 Å². The molecule has 1 aromatic carbocycles. The highest BCUT2D eigenvalue weighted by atomic mass is 16.7. The molecule has 0 radical (unpaired) electrons. The Balaban J connectivity index is 1.41. The van der Waals surface area contributed by atoms with Gasteiger partial charge in [-0.1, -0.05) is 30.3 Å². The van der Waals surface area contributed by atoms with E-state index in [9.17, 15) is 14.4 Å². The van der Waals surface area contributed by atoms with Crippen molar-refractivity contribution in [3.05, 3.63) is 35.9 Å². The Morgan fingerprint density at radius 2 is 2.03 bits per heavy atom. The molecule has 0 saturated carbocycles. The zero-order chi connectivity index (χ0) is 21.5. The van der Waals surface area contributed by atoms with E-state index in [4.69, 9.17) is 14.8 Å². The third kappa shape index (κ3) is 5.61. The van der Waals surface area contributed by atoms with Gasteiger partial charge in [0.15, 0.2) is 0 Å². The van der Waals surface area contributed by atoms with Gasteiger partial charge in [0.25, 0.3) is 5.91 Å². The molecule has 2 heterocycles. The van der Waals surface area contributed by atoms with Gasteiger partial charge in [-0.25, -0.2) is 15.1 Å². The summed E-state index contributed by atoms with van der Waals surface area (Å²) in [6, 6.07) is 8.45. The van der Waals surface area contributed by atoms with E-state index in [1.54, 1.807) is 6.92 Å². The molecule has 1 unspecified atom stereocenters. The second-order valence-corrected chi connectivity index (χ2v) is 7.57.